The van der Waals surface area contributed by atoms with Crippen LogP contribution in [-0.2, 0) is 6.54 Å². The van der Waals surface area contributed by atoms with Crippen molar-refractivity contribution in [3.05, 3.63) is 77.7 Å². The zero-order chi connectivity index (χ0) is 17.1. The molecule has 0 saturated carbocycles. The number of hydrogen-bond donors (Lipinski definition) is 2. The van der Waals surface area contributed by atoms with Gasteiger partial charge in [-0.2, -0.15) is 5.10 Å². The predicted octanol–water partition coefficient (Wildman–Crippen LogP) is 3.78. The molecule has 0 bridgehead atoms. The van der Waals surface area contributed by atoms with E-state index in [4.69, 9.17) is 0 Å². The van der Waals surface area contributed by atoms with Crippen molar-refractivity contribution in [3.8, 4) is 11.3 Å². The summed E-state index contributed by atoms with van der Waals surface area (Å²) in [6.45, 7) is 3.44. The number of halogens is 2. The maximum Gasteiger partial charge on any atom is 0.123 e. The Morgan fingerprint density at radius 3 is 2.73 bits per heavy atom. The van der Waals surface area contributed by atoms with Gasteiger partial charge in [0.1, 0.15) is 5.82 Å². The van der Waals surface area contributed by atoms with Crippen molar-refractivity contribution in [1.82, 2.24) is 20.4 Å². The van der Waals surface area contributed by atoms with E-state index < -0.39 is 0 Å². The second-order valence-corrected chi connectivity index (χ2v) is 6.39. The first-order valence-electron chi connectivity index (χ1n) is 8.59. The number of nitrogens with zero attached hydrogens (tertiary/aromatic N) is 2. The lowest BCUT2D eigenvalue weighted by Crippen LogP contribution is -2.45. The number of aromatic nitrogens is 2. The van der Waals surface area contributed by atoms with E-state index in [1.165, 1.54) is 6.07 Å². The van der Waals surface area contributed by atoms with Gasteiger partial charge >= 0.3 is 0 Å². The zero-order valence-corrected chi connectivity index (χ0v) is 15.2. The van der Waals surface area contributed by atoms with E-state index in [9.17, 15) is 4.39 Å². The fraction of sp³-hybridized carbons (Fsp3) is 0.250. The maximum atomic E-state index is 13.6. The Balaban J connectivity index is 0.00000196. The molecule has 2 heterocycles. The summed E-state index contributed by atoms with van der Waals surface area (Å²) in [6, 6.07) is 19.3. The van der Waals surface area contributed by atoms with Crippen LogP contribution in [0.15, 0.2) is 60.7 Å². The summed E-state index contributed by atoms with van der Waals surface area (Å²) < 4.78 is 13.6. The van der Waals surface area contributed by atoms with Crippen molar-refractivity contribution in [1.29, 1.82) is 0 Å². The van der Waals surface area contributed by atoms with Crippen molar-refractivity contribution >= 4 is 12.4 Å². The van der Waals surface area contributed by atoms with Crippen LogP contribution in [0.2, 0.25) is 0 Å². The summed E-state index contributed by atoms with van der Waals surface area (Å²) >= 11 is 0. The Morgan fingerprint density at radius 1 is 1.08 bits per heavy atom. The van der Waals surface area contributed by atoms with Gasteiger partial charge in [0, 0.05) is 43.5 Å². The third-order valence-corrected chi connectivity index (χ3v) is 4.66. The van der Waals surface area contributed by atoms with Gasteiger partial charge in [0.15, 0.2) is 0 Å². The Hall–Kier alpha value is -2.21. The van der Waals surface area contributed by atoms with Crippen LogP contribution < -0.4 is 5.32 Å². The summed E-state index contributed by atoms with van der Waals surface area (Å²) in [4.78, 5) is 2.37. The van der Waals surface area contributed by atoms with E-state index in [1.807, 2.05) is 24.3 Å². The van der Waals surface area contributed by atoms with Gasteiger partial charge in [-0.05, 0) is 23.8 Å². The third kappa shape index (κ3) is 4.12. The highest BCUT2D eigenvalue weighted by Crippen LogP contribution is 2.25. The van der Waals surface area contributed by atoms with Gasteiger partial charge in [-0.15, -0.1) is 12.4 Å². The van der Waals surface area contributed by atoms with Crippen LogP contribution in [0.5, 0.6) is 0 Å². The largest absolute Gasteiger partial charge is 0.314 e. The van der Waals surface area contributed by atoms with Crippen LogP contribution in [0.25, 0.3) is 11.3 Å². The molecule has 26 heavy (non-hydrogen) atoms. The molecule has 2 aromatic carbocycles. The topological polar surface area (TPSA) is 44.0 Å². The molecule has 3 aromatic rings. The molecule has 2 N–H and O–H groups in total. The first kappa shape index (κ1) is 18.6. The summed E-state index contributed by atoms with van der Waals surface area (Å²) in [6.07, 6.45) is 0. The van der Waals surface area contributed by atoms with E-state index in [0.29, 0.717) is 0 Å². The van der Waals surface area contributed by atoms with Crippen molar-refractivity contribution in [2.75, 3.05) is 19.6 Å². The molecule has 1 saturated heterocycles. The number of hydrogen-bond acceptors (Lipinski definition) is 3. The molecule has 1 aliphatic rings. The standard InChI is InChI=1S/C20H21FN4.ClH/c21-17-8-4-7-16(11-17)20-13-22-9-10-25(20)14-18-12-19(24-23-18)15-5-2-1-3-6-15;/h1-8,11-12,20,22H,9-10,13-14H2,(H,23,24);1H. The van der Waals surface area contributed by atoms with Crippen LogP contribution in [-0.4, -0.2) is 34.7 Å². The van der Waals surface area contributed by atoms with E-state index in [2.05, 4.69) is 38.6 Å². The summed E-state index contributed by atoms with van der Waals surface area (Å²) in [5.74, 6) is -0.184. The molecule has 1 fully saturated rings. The summed E-state index contributed by atoms with van der Waals surface area (Å²) in [7, 11) is 0. The lowest BCUT2D eigenvalue weighted by molar-refractivity contribution is 0.151. The molecule has 6 heteroatoms. The molecule has 1 aliphatic heterocycles. The molecule has 0 radical (unpaired) electrons. The molecule has 136 valence electrons. The van der Waals surface area contributed by atoms with Gasteiger partial charge in [-0.1, -0.05) is 42.5 Å². The second kappa shape index (κ2) is 8.45. The fourth-order valence-electron chi connectivity index (χ4n) is 3.40. The van der Waals surface area contributed by atoms with Crippen LogP contribution in [0.1, 0.15) is 17.3 Å². The van der Waals surface area contributed by atoms with Crippen LogP contribution in [0, 0.1) is 5.82 Å². The van der Waals surface area contributed by atoms with E-state index in [0.717, 1.165) is 48.7 Å². The number of piperazine rings is 1. The minimum Gasteiger partial charge on any atom is -0.314 e. The summed E-state index contributed by atoms with van der Waals surface area (Å²) in [5, 5.41) is 11.0. The molecular weight excluding hydrogens is 351 g/mol. The Kier molecular flexibility index (Phi) is 6.04. The molecular formula is C20H22ClFN4. The molecule has 0 aliphatic carbocycles. The minimum absolute atomic E-state index is 0. The average molecular weight is 373 g/mol. The highest BCUT2D eigenvalue weighted by atomic mass is 35.5. The zero-order valence-electron chi connectivity index (χ0n) is 14.4. The lowest BCUT2D eigenvalue weighted by Gasteiger charge is -2.36. The highest BCUT2D eigenvalue weighted by Gasteiger charge is 2.24. The predicted molar refractivity (Wildman–Crippen MR) is 104 cm³/mol. The van der Waals surface area contributed by atoms with Crippen molar-refractivity contribution in [3.63, 3.8) is 0 Å². The number of H-pyrrole nitrogens is 1. The Bertz CT molecular complexity index is 837. The first-order chi connectivity index (χ1) is 12.3. The Morgan fingerprint density at radius 2 is 1.92 bits per heavy atom. The molecule has 1 unspecified atom stereocenters. The van der Waals surface area contributed by atoms with E-state index in [1.54, 1.807) is 12.1 Å². The van der Waals surface area contributed by atoms with Gasteiger partial charge in [-0.3, -0.25) is 10.00 Å². The normalized spacial score (nSPS) is 17.7. The van der Waals surface area contributed by atoms with Gasteiger partial charge in [-0.25, -0.2) is 4.39 Å². The van der Waals surface area contributed by atoms with Crippen molar-refractivity contribution < 1.29 is 4.39 Å². The molecule has 4 rings (SSSR count). The highest BCUT2D eigenvalue weighted by molar-refractivity contribution is 5.85. The van der Waals surface area contributed by atoms with Crippen molar-refractivity contribution in [2.45, 2.75) is 12.6 Å². The maximum absolute atomic E-state index is 13.6. The number of aromatic amines is 1. The van der Waals surface area contributed by atoms with Gasteiger partial charge in [0.05, 0.1) is 5.69 Å². The first-order valence-corrected chi connectivity index (χ1v) is 8.59. The number of benzene rings is 2. The fourth-order valence-corrected chi connectivity index (χ4v) is 3.40. The smallest absolute Gasteiger partial charge is 0.123 e. The van der Waals surface area contributed by atoms with Crippen molar-refractivity contribution in [2.24, 2.45) is 0 Å². The van der Waals surface area contributed by atoms with E-state index >= 15 is 0 Å². The second-order valence-electron chi connectivity index (χ2n) is 6.39. The lowest BCUT2D eigenvalue weighted by atomic mass is 10.0. The van der Waals surface area contributed by atoms with Crippen LogP contribution >= 0.6 is 12.4 Å². The molecule has 0 amide bonds. The number of nitrogens with one attached hydrogen (secondary N) is 2. The van der Waals surface area contributed by atoms with Crippen LogP contribution in [0.3, 0.4) is 0 Å². The molecule has 1 aromatic heterocycles. The van der Waals surface area contributed by atoms with Gasteiger partial charge in [0.2, 0.25) is 0 Å². The molecule has 4 nitrogen and oxygen atoms in total. The SMILES string of the molecule is Cl.Fc1cccc(C2CNCCN2Cc2cc(-c3ccccc3)n[nH]2)c1. The monoisotopic (exact) mass is 372 g/mol. The molecule has 0 spiro atoms. The van der Waals surface area contributed by atoms with Gasteiger partial charge < -0.3 is 5.32 Å². The number of rotatable bonds is 4. The average Bonchev–Trinajstić information content (AvgIpc) is 3.11. The Labute approximate surface area is 158 Å². The quantitative estimate of drug-likeness (QED) is 0.732. The van der Waals surface area contributed by atoms with E-state index in [-0.39, 0.29) is 24.3 Å². The minimum atomic E-state index is -0.184. The van der Waals surface area contributed by atoms with Gasteiger partial charge in [0.25, 0.3) is 0 Å². The molecule has 1 atom stereocenters. The summed E-state index contributed by atoms with van der Waals surface area (Å²) in [5.41, 5.74) is 4.14. The van der Waals surface area contributed by atoms with Crippen LogP contribution in [0.4, 0.5) is 4.39 Å². The third-order valence-electron chi connectivity index (χ3n) is 4.66.